The highest BCUT2D eigenvalue weighted by Crippen LogP contribution is 2.15. The van der Waals surface area contributed by atoms with Gasteiger partial charge in [-0.05, 0) is 18.1 Å². The van der Waals surface area contributed by atoms with Gasteiger partial charge < -0.3 is 15.2 Å². The summed E-state index contributed by atoms with van der Waals surface area (Å²) in [7, 11) is 1.82. The maximum absolute atomic E-state index is 12.6. The van der Waals surface area contributed by atoms with Crippen molar-refractivity contribution in [1.29, 1.82) is 0 Å². The molecule has 2 N–H and O–H groups in total. The zero-order valence-corrected chi connectivity index (χ0v) is 12.9. The Hall–Kier alpha value is -1.78. The van der Waals surface area contributed by atoms with Crippen LogP contribution in [0.2, 0.25) is 5.02 Å². The zero-order chi connectivity index (χ0) is 15.2. The molecule has 112 valence electrons. The Kier molecular flexibility index (Phi) is 5.42. The Balaban J connectivity index is 2.07. The number of hydrogen-bond donors (Lipinski definition) is 1. The van der Waals surface area contributed by atoms with Gasteiger partial charge >= 0.3 is 0 Å². The molecule has 1 amide bonds. The van der Waals surface area contributed by atoms with Crippen molar-refractivity contribution in [2.24, 2.45) is 12.8 Å². The monoisotopic (exact) mass is 305 g/mol. The van der Waals surface area contributed by atoms with Crippen LogP contribution in [0.25, 0.3) is 0 Å². The lowest BCUT2D eigenvalue weighted by molar-refractivity contribution is 0.0752. The number of amides is 1. The van der Waals surface area contributed by atoms with Crippen LogP contribution in [0.1, 0.15) is 16.1 Å². The molecule has 0 atom stereocenters. The van der Waals surface area contributed by atoms with Gasteiger partial charge in [-0.2, -0.15) is 0 Å². The topological polar surface area (TPSA) is 51.3 Å². The molecule has 0 saturated carbocycles. The lowest BCUT2D eigenvalue weighted by atomic mass is 10.1. The molecule has 1 aromatic heterocycles. The number of nitrogens with zero attached hydrogens (tertiary/aromatic N) is 2. The molecular formula is C16H20ClN3O. The number of aromatic nitrogens is 1. The highest BCUT2D eigenvalue weighted by molar-refractivity contribution is 6.31. The highest BCUT2D eigenvalue weighted by Gasteiger charge is 2.18. The van der Waals surface area contributed by atoms with Crippen LogP contribution in [0.4, 0.5) is 0 Å². The predicted octanol–water partition coefficient (Wildman–Crippen LogP) is 2.32. The number of hydrogen-bond acceptors (Lipinski definition) is 2. The van der Waals surface area contributed by atoms with Gasteiger partial charge in [0.1, 0.15) is 5.69 Å². The first-order chi connectivity index (χ1) is 10.1. The Labute approximate surface area is 130 Å². The van der Waals surface area contributed by atoms with E-state index in [9.17, 15) is 4.79 Å². The average Bonchev–Trinajstić information content (AvgIpc) is 2.82. The highest BCUT2D eigenvalue weighted by atomic mass is 35.5. The molecular weight excluding hydrogens is 286 g/mol. The third-order valence-electron chi connectivity index (χ3n) is 3.39. The van der Waals surface area contributed by atoms with Crippen LogP contribution in [0.3, 0.4) is 0 Å². The maximum atomic E-state index is 12.6. The second-order valence-electron chi connectivity index (χ2n) is 4.97. The largest absolute Gasteiger partial charge is 0.345 e. The molecule has 0 aliphatic rings. The second-order valence-corrected chi connectivity index (χ2v) is 5.41. The number of rotatable bonds is 6. The van der Waals surface area contributed by atoms with Gasteiger partial charge in [0.25, 0.3) is 5.91 Å². The van der Waals surface area contributed by atoms with E-state index in [0.717, 1.165) is 6.42 Å². The van der Waals surface area contributed by atoms with Gasteiger partial charge in [-0.1, -0.05) is 41.9 Å². The van der Waals surface area contributed by atoms with E-state index in [4.69, 9.17) is 17.3 Å². The molecule has 0 spiro atoms. The molecule has 1 aromatic carbocycles. The molecule has 0 aliphatic heterocycles. The lowest BCUT2D eigenvalue weighted by Gasteiger charge is -2.22. The Bertz CT molecular complexity index is 595. The van der Waals surface area contributed by atoms with E-state index >= 15 is 0 Å². The van der Waals surface area contributed by atoms with E-state index in [1.165, 1.54) is 5.56 Å². The quantitative estimate of drug-likeness (QED) is 0.890. The molecule has 21 heavy (non-hydrogen) atoms. The predicted molar refractivity (Wildman–Crippen MR) is 85.5 cm³/mol. The molecule has 2 rings (SSSR count). The van der Waals surface area contributed by atoms with E-state index in [0.29, 0.717) is 30.4 Å². The van der Waals surface area contributed by atoms with Crippen molar-refractivity contribution in [3.63, 3.8) is 0 Å². The van der Waals surface area contributed by atoms with Crippen LogP contribution < -0.4 is 5.73 Å². The van der Waals surface area contributed by atoms with Crippen molar-refractivity contribution in [2.45, 2.75) is 6.42 Å². The summed E-state index contributed by atoms with van der Waals surface area (Å²) in [6, 6.07) is 11.8. The van der Waals surface area contributed by atoms with E-state index in [1.807, 2.05) is 25.2 Å². The summed E-state index contributed by atoms with van der Waals surface area (Å²) < 4.78 is 1.75. The number of benzene rings is 1. The first kappa shape index (κ1) is 15.6. The zero-order valence-electron chi connectivity index (χ0n) is 12.1. The smallest absolute Gasteiger partial charge is 0.270 e. The number of aryl methyl sites for hydroxylation is 1. The number of carbonyl (C=O) groups excluding carboxylic acids is 1. The van der Waals surface area contributed by atoms with Gasteiger partial charge in [0.2, 0.25) is 0 Å². The third kappa shape index (κ3) is 4.09. The summed E-state index contributed by atoms with van der Waals surface area (Å²) in [6.45, 7) is 1.62. The van der Waals surface area contributed by atoms with Gasteiger partial charge in [0.15, 0.2) is 0 Å². The van der Waals surface area contributed by atoms with Crippen LogP contribution >= 0.6 is 11.6 Å². The van der Waals surface area contributed by atoms with Crippen molar-refractivity contribution >= 4 is 17.5 Å². The van der Waals surface area contributed by atoms with Crippen molar-refractivity contribution in [3.8, 4) is 0 Å². The van der Waals surface area contributed by atoms with E-state index in [2.05, 4.69) is 12.1 Å². The third-order valence-corrected chi connectivity index (χ3v) is 3.60. The van der Waals surface area contributed by atoms with Crippen molar-refractivity contribution < 1.29 is 4.79 Å². The fourth-order valence-corrected chi connectivity index (χ4v) is 2.53. The molecule has 0 unspecified atom stereocenters. The minimum atomic E-state index is -0.0363. The fourth-order valence-electron chi connectivity index (χ4n) is 2.28. The molecule has 0 radical (unpaired) electrons. The van der Waals surface area contributed by atoms with Crippen LogP contribution in [0, 0.1) is 0 Å². The Morgan fingerprint density at radius 3 is 2.57 bits per heavy atom. The standard InChI is InChI=1S/C16H20ClN3O/c1-19-12-14(17)11-15(19)16(21)20(10-8-18)9-7-13-5-3-2-4-6-13/h2-6,11-12H,7-10,18H2,1H3. The van der Waals surface area contributed by atoms with Gasteiger partial charge in [-0.3, -0.25) is 4.79 Å². The lowest BCUT2D eigenvalue weighted by Crippen LogP contribution is -2.37. The molecule has 0 saturated heterocycles. The van der Waals surface area contributed by atoms with Crippen LogP contribution in [0.15, 0.2) is 42.6 Å². The molecule has 5 heteroatoms. The number of halogens is 1. The van der Waals surface area contributed by atoms with Crippen LogP contribution in [-0.2, 0) is 13.5 Å². The van der Waals surface area contributed by atoms with Gasteiger partial charge in [0, 0.05) is 32.9 Å². The second kappa shape index (κ2) is 7.29. The summed E-state index contributed by atoms with van der Waals surface area (Å²) in [4.78, 5) is 14.4. The normalized spacial score (nSPS) is 10.6. The molecule has 2 aromatic rings. The minimum absolute atomic E-state index is 0.0363. The van der Waals surface area contributed by atoms with Crippen molar-refractivity contribution in [2.75, 3.05) is 19.6 Å². The number of carbonyl (C=O) groups is 1. The maximum Gasteiger partial charge on any atom is 0.270 e. The summed E-state index contributed by atoms with van der Waals surface area (Å²) in [5, 5.41) is 0.566. The summed E-state index contributed by atoms with van der Waals surface area (Å²) in [6.07, 6.45) is 2.54. The summed E-state index contributed by atoms with van der Waals surface area (Å²) in [5.41, 5.74) is 7.42. The number of nitrogens with two attached hydrogens (primary N) is 1. The molecule has 1 heterocycles. The van der Waals surface area contributed by atoms with E-state index < -0.39 is 0 Å². The molecule has 4 nitrogen and oxygen atoms in total. The first-order valence-corrected chi connectivity index (χ1v) is 7.34. The van der Waals surface area contributed by atoms with Gasteiger partial charge in [-0.15, -0.1) is 0 Å². The SMILES string of the molecule is Cn1cc(Cl)cc1C(=O)N(CCN)CCc1ccccc1. The molecule has 0 bridgehead atoms. The Morgan fingerprint density at radius 2 is 2.00 bits per heavy atom. The molecule has 0 aliphatic carbocycles. The van der Waals surface area contributed by atoms with Gasteiger partial charge in [0.05, 0.1) is 5.02 Å². The van der Waals surface area contributed by atoms with Crippen LogP contribution in [0.5, 0.6) is 0 Å². The van der Waals surface area contributed by atoms with Crippen LogP contribution in [-0.4, -0.2) is 35.0 Å². The molecule has 0 fully saturated rings. The first-order valence-electron chi connectivity index (χ1n) is 6.97. The fraction of sp³-hybridized carbons (Fsp3) is 0.312. The summed E-state index contributed by atoms with van der Waals surface area (Å²) in [5.74, 6) is -0.0363. The Morgan fingerprint density at radius 1 is 1.29 bits per heavy atom. The van der Waals surface area contributed by atoms with Crippen molar-refractivity contribution in [3.05, 3.63) is 58.9 Å². The summed E-state index contributed by atoms with van der Waals surface area (Å²) >= 11 is 5.95. The van der Waals surface area contributed by atoms with Crippen molar-refractivity contribution in [1.82, 2.24) is 9.47 Å². The minimum Gasteiger partial charge on any atom is -0.345 e. The van der Waals surface area contributed by atoms with E-state index in [1.54, 1.807) is 21.7 Å². The van der Waals surface area contributed by atoms with Gasteiger partial charge in [-0.25, -0.2) is 0 Å². The average molecular weight is 306 g/mol. The van der Waals surface area contributed by atoms with E-state index in [-0.39, 0.29) is 5.91 Å².